The van der Waals surface area contributed by atoms with Crippen molar-refractivity contribution in [2.75, 3.05) is 19.0 Å². The Bertz CT molecular complexity index is 548. The van der Waals surface area contributed by atoms with Crippen LogP contribution in [0.1, 0.15) is 0 Å². The van der Waals surface area contributed by atoms with E-state index in [4.69, 9.17) is 11.6 Å². The maximum atomic E-state index is 5.86. The van der Waals surface area contributed by atoms with Gasteiger partial charge in [0.15, 0.2) is 5.16 Å². The quantitative estimate of drug-likeness (QED) is 0.852. The first kappa shape index (κ1) is 13.5. The van der Waals surface area contributed by atoms with Crippen molar-refractivity contribution < 1.29 is 0 Å². The van der Waals surface area contributed by atoms with Gasteiger partial charge < -0.3 is 4.90 Å². The summed E-state index contributed by atoms with van der Waals surface area (Å²) in [6.07, 6.45) is 1.72. The van der Waals surface area contributed by atoms with E-state index in [1.165, 1.54) is 11.8 Å². The minimum absolute atomic E-state index is 0.174. The molecular formula is C10H9BrClN5S. The molecule has 5 nitrogen and oxygen atoms in total. The summed E-state index contributed by atoms with van der Waals surface area (Å²) in [5.74, 6) is 0.523. The van der Waals surface area contributed by atoms with Gasteiger partial charge in [-0.3, -0.25) is 0 Å². The smallest absolute Gasteiger partial charge is 0.230 e. The van der Waals surface area contributed by atoms with Crippen molar-refractivity contribution in [3.05, 3.63) is 28.1 Å². The number of halogens is 2. The lowest BCUT2D eigenvalue weighted by Gasteiger charge is -2.10. The topological polar surface area (TPSA) is 54.8 Å². The van der Waals surface area contributed by atoms with Gasteiger partial charge in [0, 0.05) is 24.8 Å². The van der Waals surface area contributed by atoms with E-state index in [0.717, 1.165) is 9.50 Å². The molecule has 0 spiro atoms. The van der Waals surface area contributed by atoms with Crippen LogP contribution >= 0.6 is 39.3 Å². The molecule has 0 N–H and O–H groups in total. The number of nitrogens with zero attached hydrogens (tertiary/aromatic N) is 5. The van der Waals surface area contributed by atoms with Crippen LogP contribution in [0.4, 0.5) is 5.95 Å². The van der Waals surface area contributed by atoms with E-state index >= 15 is 0 Å². The van der Waals surface area contributed by atoms with Crippen molar-refractivity contribution in [1.82, 2.24) is 19.9 Å². The molecule has 18 heavy (non-hydrogen) atoms. The van der Waals surface area contributed by atoms with Crippen molar-refractivity contribution >= 4 is 45.2 Å². The van der Waals surface area contributed by atoms with Crippen molar-refractivity contribution in [3.8, 4) is 0 Å². The third-order valence-corrected chi connectivity index (χ3v) is 3.33. The number of rotatable bonds is 3. The highest BCUT2D eigenvalue weighted by Gasteiger charge is 2.08. The zero-order valence-electron chi connectivity index (χ0n) is 9.63. The molecule has 0 unspecified atom stereocenters. The number of aromatic nitrogens is 4. The molecule has 8 heteroatoms. The predicted molar refractivity (Wildman–Crippen MR) is 75.2 cm³/mol. The second-order valence-electron chi connectivity index (χ2n) is 3.50. The molecule has 0 aromatic carbocycles. The predicted octanol–water partition coefficient (Wildman–Crippen LogP) is 2.90. The fourth-order valence-electron chi connectivity index (χ4n) is 1.08. The van der Waals surface area contributed by atoms with Gasteiger partial charge in [-0.05, 0) is 51.4 Å². The summed E-state index contributed by atoms with van der Waals surface area (Å²) < 4.78 is 0.925. The normalized spacial score (nSPS) is 10.4. The van der Waals surface area contributed by atoms with Crippen LogP contribution in [0.2, 0.25) is 5.28 Å². The van der Waals surface area contributed by atoms with Gasteiger partial charge in [-0.25, -0.2) is 4.98 Å². The average Bonchev–Trinajstić information content (AvgIpc) is 2.31. The van der Waals surface area contributed by atoms with Crippen LogP contribution in [0.3, 0.4) is 0 Å². The molecule has 0 fully saturated rings. The Labute approximate surface area is 122 Å². The fourth-order valence-corrected chi connectivity index (χ4v) is 2.21. The number of hydrogen-bond donors (Lipinski definition) is 0. The van der Waals surface area contributed by atoms with E-state index in [1.807, 2.05) is 26.2 Å². The average molecular weight is 347 g/mol. The summed E-state index contributed by atoms with van der Waals surface area (Å²) in [6.45, 7) is 0. The largest absolute Gasteiger partial charge is 0.347 e. The van der Waals surface area contributed by atoms with Gasteiger partial charge in [0.1, 0.15) is 5.03 Å². The van der Waals surface area contributed by atoms with Crippen LogP contribution in [0.25, 0.3) is 0 Å². The number of hydrogen-bond acceptors (Lipinski definition) is 6. The van der Waals surface area contributed by atoms with Crippen molar-refractivity contribution in [1.29, 1.82) is 0 Å². The van der Waals surface area contributed by atoms with Crippen LogP contribution in [0.5, 0.6) is 0 Å². The Balaban J connectivity index is 2.26. The standard InChI is InChI=1S/C10H9BrClN5S/c1-17(2)9-14-8(12)15-10(16-9)18-7-4-3-6(11)5-13-7/h3-5H,1-2H3. The minimum Gasteiger partial charge on any atom is -0.347 e. The molecule has 0 radical (unpaired) electrons. The Morgan fingerprint density at radius 2 is 2.00 bits per heavy atom. The third-order valence-electron chi connectivity index (χ3n) is 1.87. The summed E-state index contributed by atoms with van der Waals surface area (Å²) in [5.41, 5.74) is 0. The maximum Gasteiger partial charge on any atom is 0.230 e. The van der Waals surface area contributed by atoms with Crippen LogP contribution in [-0.4, -0.2) is 34.0 Å². The zero-order chi connectivity index (χ0) is 13.1. The monoisotopic (exact) mass is 345 g/mol. The summed E-state index contributed by atoms with van der Waals surface area (Å²) in [4.78, 5) is 18.4. The first-order valence-electron chi connectivity index (χ1n) is 4.93. The molecule has 2 rings (SSSR count). The highest BCUT2D eigenvalue weighted by molar-refractivity contribution is 9.10. The molecule has 0 aliphatic rings. The van der Waals surface area contributed by atoms with Gasteiger partial charge >= 0.3 is 0 Å². The molecule has 2 aromatic heterocycles. The van der Waals surface area contributed by atoms with Crippen molar-refractivity contribution in [2.45, 2.75) is 10.2 Å². The maximum absolute atomic E-state index is 5.86. The summed E-state index contributed by atoms with van der Waals surface area (Å²) in [7, 11) is 3.69. The first-order valence-corrected chi connectivity index (χ1v) is 6.91. The van der Waals surface area contributed by atoms with Gasteiger partial charge in [-0.1, -0.05) is 0 Å². The van der Waals surface area contributed by atoms with E-state index in [1.54, 1.807) is 11.1 Å². The van der Waals surface area contributed by atoms with Crippen LogP contribution in [0, 0.1) is 0 Å². The summed E-state index contributed by atoms with van der Waals surface area (Å²) >= 11 is 10.5. The number of anilines is 1. The molecule has 94 valence electrons. The Kier molecular flexibility index (Phi) is 4.36. The van der Waals surface area contributed by atoms with Gasteiger partial charge in [0.05, 0.1) is 0 Å². The fraction of sp³-hybridized carbons (Fsp3) is 0.200. The molecule has 0 aliphatic carbocycles. The molecule has 2 heterocycles. The van der Waals surface area contributed by atoms with Crippen LogP contribution < -0.4 is 4.90 Å². The van der Waals surface area contributed by atoms with E-state index < -0.39 is 0 Å². The zero-order valence-corrected chi connectivity index (χ0v) is 12.8. The van der Waals surface area contributed by atoms with Crippen molar-refractivity contribution in [2.24, 2.45) is 0 Å². The van der Waals surface area contributed by atoms with Crippen LogP contribution in [0.15, 0.2) is 33.0 Å². The third kappa shape index (κ3) is 3.54. The lowest BCUT2D eigenvalue weighted by Crippen LogP contribution is -2.13. The molecule has 0 aliphatic heterocycles. The second-order valence-corrected chi connectivity index (χ2v) is 5.74. The molecule has 2 aromatic rings. The van der Waals surface area contributed by atoms with Crippen LogP contribution in [-0.2, 0) is 0 Å². The Hall–Kier alpha value is -0.920. The highest BCUT2D eigenvalue weighted by atomic mass is 79.9. The SMILES string of the molecule is CN(C)c1nc(Cl)nc(Sc2ccc(Br)cn2)n1. The van der Waals surface area contributed by atoms with E-state index in [0.29, 0.717) is 11.1 Å². The van der Waals surface area contributed by atoms with Gasteiger partial charge in [0.2, 0.25) is 11.2 Å². The minimum atomic E-state index is 0.174. The summed E-state index contributed by atoms with van der Waals surface area (Å²) in [5, 5.41) is 1.49. The number of pyridine rings is 1. The van der Waals surface area contributed by atoms with E-state index in [-0.39, 0.29) is 5.28 Å². The Morgan fingerprint density at radius 1 is 1.22 bits per heavy atom. The molecule has 0 atom stereocenters. The lowest BCUT2D eigenvalue weighted by atomic mass is 10.5. The van der Waals surface area contributed by atoms with Gasteiger partial charge in [-0.2, -0.15) is 15.0 Å². The summed E-state index contributed by atoms with van der Waals surface area (Å²) in [6, 6.07) is 3.78. The second kappa shape index (κ2) is 5.81. The lowest BCUT2D eigenvalue weighted by molar-refractivity contribution is 0.863. The molecule has 0 amide bonds. The molecular weight excluding hydrogens is 338 g/mol. The van der Waals surface area contributed by atoms with E-state index in [2.05, 4.69) is 35.9 Å². The molecule has 0 saturated carbocycles. The molecule has 0 saturated heterocycles. The Morgan fingerprint density at radius 3 is 2.61 bits per heavy atom. The van der Waals surface area contributed by atoms with Gasteiger partial charge in [0.25, 0.3) is 0 Å². The van der Waals surface area contributed by atoms with E-state index in [9.17, 15) is 0 Å². The van der Waals surface area contributed by atoms with Gasteiger partial charge in [-0.15, -0.1) is 0 Å². The highest BCUT2D eigenvalue weighted by Crippen LogP contribution is 2.25. The van der Waals surface area contributed by atoms with Crippen molar-refractivity contribution in [3.63, 3.8) is 0 Å². The first-order chi connectivity index (χ1) is 8.54. The molecule has 0 bridgehead atoms.